The van der Waals surface area contributed by atoms with Gasteiger partial charge < -0.3 is 5.32 Å². The van der Waals surface area contributed by atoms with E-state index in [2.05, 4.69) is 17.0 Å². The zero-order valence-electron chi connectivity index (χ0n) is 12.9. The molecule has 0 bridgehead atoms. The van der Waals surface area contributed by atoms with Crippen molar-refractivity contribution in [2.75, 3.05) is 7.05 Å². The number of unbranched alkanes of at least 4 members (excludes halogenated alkanes) is 1. The highest BCUT2D eigenvalue weighted by Gasteiger charge is 2.19. The maximum Gasteiger partial charge on any atom is 0.241 e. The van der Waals surface area contributed by atoms with Gasteiger partial charge in [0.1, 0.15) is 0 Å². The fourth-order valence-corrected chi connectivity index (χ4v) is 3.72. The minimum atomic E-state index is -3.44. The third kappa shape index (κ3) is 4.89. The topological polar surface area (TPSA) is 58.2 Å². The molecule has 0 saturated heterocycles. The lowest BCUT2D eigenvalue weighted by molar-refractivity contribution is 0.534. The Bertz CT molecular complexity index is 527. The van der Waals surface area contributed by atoms with Gasteiger partial charge in [-0.25, -0.2) is 13.1 Å². The van der Waals surface area contributed by atoms with Gasteiger partial charge in [0.15, 0.2) is 0 Å². The number of benzene rings is 1. The number of rotatable bonds is 8. The molecule has 1 rings (SSSR count). The summed E-state index contributed by atoms with van der Waals surface area (Å²) in [6.07, 6.45) is 2.97. The summed E-state index contributed by atoms with van der Waals surface area (Å²) in [6.45, 7) is 6.51. The summed E-state index contributed by atoms with van der Waals surface area (Å²) in [5.74, 6) is 0. The normalized spacial score (nSPS) is 13.4. The Hall–Kier alpha value is -0.910. The molecule has 1 atom stereocenters. The third-order valence-electron chi connectivity index (χ3n) is 3.27. The zero-order chi connectivity index (χ0) is 15.2. The average Bonchev–Trinajstić information content (AvgIpc) is 2.38. The molecule has 0 heterocycles. The highest BCUT2D eigenvalue weighted by Crippen LogP contribution is 2.18. The largest absolute Gasteiger partial charge is 0.316 e. The van der Waals surface area contributed by atoms with Crippen LogP contribution in [0.3, 0.4) is 0 Å². The molecule has 114 valence electrons. The molecule has 1 aromatic carbocycles. The molecule has 1 unspecified atom stereocenters. The van der Waals surface area contributed by atoms with Crippen LogP contribution in [0.4, 0.5) is 0 Å². The van der Waals surface area contributed by atoms with E-state index in [4.69, 9.17) is 0 Å². The van der Waals surface area contributed by atoms with Gasteiger partial charge >= 0.3 is 0 Å². The molecule has 0 spiro atoms. The van der Waals surface area contributed by atoms with E-state index in [-0.39, 0.29) is 6.04 Å². The van der Waals surface area contributed by atoms with Gasteiger partial charge in [0.25, 0.3) is 0 Å². The Morgan fingerprint density at radius 3 is 2.60 bits per heavy atom. The number of nitrogens with one attached hydrogen (secondary N) is 2. The molecule has 0 saturated carbocycles. The van der Waals surface area contributed by atoms with Gasteiger partial charge in [0, 0.05) is 12.6 Å². The minimum absolute atomic E-state index is 0.0349. The Balaban J connectivity index is 2.93. The SMILES string of the molecule is CCCCC(C)NS(=O)(=O)c1cc(CNC)ccc1C. The minimum Gasteiger partial charge on any atom is -0.316 e. The molecule has 0 aliphatic rings. The van der Waals surface area contributed by atoms with Crippen molar-refractivity contribution in [3.8, 4) is 0 Å². The maximum atomic E-state index is 12.5. The van der Waals surface area contributed by atoms with Crippen molar-refractivity contribution >= 4 is 10.0 Å². The molecule has 0 amide bonds. The first kappa shape index (κ1) is 17.1. The molecule has 0 aliphatic heterocycles. The molecular formula is C15H26N2O2S. The van der Waals surface area contributed by atoms with Crippen molar-refractivity contribution in [1.29, 1.82) is 0 Å². The molecule has 20 heavy (non-hydrogen) atoms. The second kappa shape index (κ2) is 7.76. The summed E-state index contributed by atoms with van der Waals surface area (Å²) in [7, 11) is -1.59. The maximum absolute atomic E-state index is 12.5. The van der Waals surface area contributed by atoms with Gasteiger partial charge in [0.05, 0.1) is 4.90 Å². The van der Waals surface area contributed by atoms with E-state index < -0.39 is 10.0 Å². The third-order valence-corrected chi connectivity index (χ3v) is 5.00. The first-order valence-electron chi connectivity index (χ1n) is 7.17. The van der Waals surface area contributed by atoms with Crippen LogP contribution in [-0.2, 0) is 16.6 Å². The fraction of sp³-hybridized carbons (Fsp3) is 0.600. The van der Waals surface area contributed by atoms with E-state index in [9.17, 15) is 8.42 Å². The Kier molecular flexibility index (Phi) is 6.65. The standard InChI is InChI=1S/C15H26N2O2S/c1-5-6-7-13(3)17-20(18,19)15-10-14(11-16-4)9-8-12(15)2/h8-10,13,16-17H,5-7,11H2,1-4H3. The molecule has 0 aromatic heterocycles. The van der Waals surface area contributed by atoms with Crippen LogP contribution < -0.4 is 10.0 Å². The van der Waals surface area contributed by atoms with Crippen molar-refractivity contribution in [3.63, 3.8) is 0 Å². The van der Waals surface area contributed by atoms with E-state index in [0.29, 0.717) is 11.4 Å². The fourth-order valence-electron chi connectivity index (χ4n) is 2.15. The van der Waals surface area contributed by atoms with Crippen molar-refractivity contribution in [1.82, 2.24) is 10.0 Å². The Morgan fingerprint density at radius 2 is 2.00 bits per heavy atom. The van der Waals surface area contributed by atoms with Crippen LogP contribution in [0.25, 0.3) is 0 Å². The number of aryl methyl sites for hydroxylation is 1. The summed E-state index contributed by atoms with van der Waals surface area (Å²) in [5.41, 5.74) is 1.75. The van der Waals surface area contributed by atoms with Crippen LogP contribution in [0.1, 0.15) is 44.2 Å². The lowest BCUT2D eigenvalue weighted by Crippen LogP contribution is -2.33. The van der Waals surface area contributed by atoms with Crippen molar-refractivity contribution in [2.45, 2.75) is 57.5 Å². The summed E-state index contributed by atoms with van der Waals surface area (Å²) >= 11 is 0. The first-order valence-corrected chi connectivity index (χ1v) is 8.65. The monoisotopic (exact) mass is 298 g/mol. The predicted molar refractivity (Wildman–Crippen MR) is 83.3 cm³/mol. The van der Waals surface area contributed by atoms with Gasteiger partial charge in [-0.15, -0.1) is 0 Å². The molecule has 0 fully saturated rings. The zero-order valence-corrected chi connectivity index (χ0v) is 13.7. The van der Waals surface area contributed by atoms with Gasteiger partial charge in [-0.2, -0.15) is 0 Å². The van der Waals surface area contributed by atoms with Gasteiger partial charge in [-0.3, -0.25) is 0 Å². The van der Waals surface area contributed by atoms with Gasteiger partial charge in [-0.1, -0.05) is 31.9 Å². The second-order valence-electron chi connectivity index (χ2n) is 5.29. The van der Waals surface area contributed by atoms with Crippen molar-refractivity contribution in [2.24, 2.45) is 0 Å². The summed E-state index contributed by atoms with van der Waals surface area (Å²) < 4.78 is 27.7. The number of hydrogen-bond acceptors (Lipinski definition) is 3. The summed E-state index contributed by atoms with van der Waals surface area (Å²) in [4.78, 5) is 0.383. The lowest BCUT2D eigenvalue weighted by atomic mass is 10.1. The van der Waals surface area contributed by atoms with E-state index in [0.717, 1.165) is 30.4 Å². The van der Waals surface area contributed by atoms with E-state index in [1.807, 2.05) is 33.0 Å². The van der Waals surface area contributed by atoms with Crippen LogP contribution in [0.5, 0.6) is 0 Å². The van der Waals surface area contributed by atoms with Crippen LogP contribution in [-0.4, -0.2) is 21.5 Å². The highest BCUT2D eigenvalue weighted by molar-refractivity contribution is 7.89. The van der Waals surface area contributed by atoms with E-state index >= 15 is 0 Å². The van der Waals surface area contributed by atoms with Crippen molar-refractivity contribution < 1.29 is 8.42 Å². The Morgan fingerprint density at radius 1 is 1.30 bits per heavy atom. The second-order valence-corrected chi connectivity index (χ2v) is 6.98. The molecule has 0 radical (unpaired) electrons. The molecule has 0 aliphatic carbocycles. The molecule has 5 heteroatoms. The first-order chi connectivity index (χ1) is 9.40. The van der Waals surface area contributed by atoms with Gasteiger partial charge in [0.2, 0.25) is 10.0 Å². The smallest absolute Gasteiger partial charge is 0.241 e. The van der Waals surface area contributed by atoms with Crippen molar-refractivity contribution in [3.05, 3.63) is 29.3 Å². The van der Waals surface area contributed by atoms with E-state index in [1.165, 1.54) is 0 Å². The lowest BCUT2D eigenvalue weighted by Gasteiger charge is -2.16. The predicted octanol–water partition coefficient (Wildman–Crippen LogP) is 2.57. The quantitative estimate of drug-likeness (QED) is 0.775. The highest BCUT2D eigenvalue weighted by atomic mass is 32.2. The number of hydrogen-bond donors (Lipinski definition) is 2. The van der Waals surface area contributed by atoms with Crippen LogP contribution in [0.2, 0.25) is 0 Å². The van der Waals surface area contributed by atoms with Crippen LogP contribution in [0.15, 0.2) is 23.1 Å². The summed E-state index contributed by atoms with van der Waals surface area (Å²) in [5, 5.41) is 3.04. The molecule has 4 nitrogen and oxygen atoms in total. The van der Waals surface area contributed by atoms with Crippen LogP contribution >= 0.6 is 0 Å². The Labute approximate surface area is 123 Å². The molecular weight excluding hydrogens is 272 g/mol. The molecule has 2 N–H and O–H groups in total. The molecule has 1 aromatic rings. The summed E-state index contributed by atoms with van der Waals surface area (Å²) in [6, 6.07) is 5.52. The van der Waals surface area contributed by atoms with E-state index in [1.54, 1.807) is 6.07 Å². The van der Waals surface area contributed by atoms with Gasteiger partial charge in [-0.05, 0) is 44.5 Å². The average molecular weight is 298 g/mol. The number of sulfonamides is 1. The van der Waals surface area contributed by atoms with Crippen LogP contribution in [0, 0.1) is 6.92 Å².